The molecule has 12 heteroatoms. The molecule has 4 heterocycles. The Hall–Kier alpha value is -3.22. The van der Waals surface area contributed by atoms with Crippen molar-refractivity contribution in [1.82, 2.24) is 10.3 Å². The molecule has 3 fully saturated rings. The average Bonchev–Trinajstić information content (AvgIpc) is 3.52. The van der Waals surface area contributed by atoms with Crippen LogP contribution in [0.3, 0.4) is 0 Å². The van der Waals surface area contributed by atoms with Gasteiger partial charge < -0.3 is 38.2 Å². The van der Waals surface area contributed by atoms with E-state index in [0.29, 0.717) is 38.0 Å². The molecule has 4 bridgehead atoms. The first-order chi connectivity index (χ1) is 23.3. The maximum absolute atomic E-state index is 13.2. The molecule has 0 unspecified atom stereocenters. The summed E-state index contributed by atoms with van der Waals surface area (Å²) in [6.45, 7) is 2.46. The zero-order valence-electron chi connectivity index (χ0n) is 28.8. The van der Waals surface area contributed by atoms with Crippen LogP contribution in [0.15, 0.2) is 28.9 Å². The molecule has 7 atom stereocenters. The molecule has 0 aromatic carbocycles. The predicted molar refractivity (Wildman–Crippen MR) is 177 cm³/mol. The number of nitrogens with zero attached hydrogens (tertiary/aromatic N) is 1. The van der Waals surface area contributed by atoms with E-state index in [0.717, 1.165) is 63.5 Å². The zero-order valence-corrected chi connectivity index (χ0v) is 28.8. The summed E-state index contributed by atoms with van der Waals surface area (Å²) in [6.07, 6.45) is 18.0. The normalized spacial score (nSPS) is 28.5. The van der Waals surface area contributed by atoms with Gasteiger partial charge in [-0.3, -0.25) is 4.79 Å². The van der Waals surface area contributed by atoms with Crippen LogP contribution in [-0.4, -0.2) is 86.5 Å². The minimum atomic E-state index is -0.515. The Labute approximate surface area is 284 Å². The fraction of sp³-hybridized carbons (Fsp3) is 0.722. The Balaban J connectivity index is 1.31. The maximum Gasteiger partial charge on any atom is 0.407 e. The first kappa shape index (κ1) is 37.6. The minimum Gasteiger partial charge on any atom is -0.462 e. The summed E-state index contributed by atoms with van der Waals surface area (Å²) in [6, 6.07) is 0. The fourth-order valence-electron chi connectivity index (χ4n) is 6.71. The molecule has 12 nitrogen and oxygen atoms in total. The van der Waals surface area contributed by atoms with Gasteiger partial charge in [0.15, 0.2) is 0 Å². The van der Waals surface area contributed by atoms with Crippen LogP contribution in [0.1, 0.15) is 108 Å². The lowest BCUT2D eigenvalue weighted by atomic mass is 9.91. The highest BCUT2D eigenvalue weighted by atomic mass is 16.6. The van der Waals surface area contributed by atoms with Crippen molar-refractivity contribution in [2.24, 2.45) is 0 Å². The summed E-state index contributed by atoms with van der Waals surface area (Å²) in [5, 5.41) is 2.54. The van der Waals surface area contributed by atoms with E-state index in [1.54, 1.807) is 31.6 Å². The molecule has 0 aliphatic carbocycles. The van der Waals surface area contributed by atoms with Gasteiger partial charge in [-0.2, -0.15) is 0 Å². The van der Waals surface area contributed by atoms with Gasteiger partial charge in [-0.05, 0) is 63.9 Å². The molecule has 3 saturated heterocycles. The van der Waals surface area contributed by atoms with Crippen LogP contribution in [0.2, 0.25) is 0 Å². The molecule has 268 valence electrons. The third kappa shape index (κ3) is 13.4. The van der Waals surface area contributed by atoms with Crippen molar-refractivity contribution < 1.29 is 47.2 Å². The molecule has 48 heavy (non-hydrogen) atoms. The van der Waals surface area contributed by atoms with Crippen molar-refractivity contribution in [2.75, 3.05) is 20.8 Å². The first-order valence-corrected chi connectivity index (χ1v) is 17.7. The lowest BCUT2D eigenvalue weighted by Crippen LogP contribution is -2.42. The van der Waals surface area contributed by atoms with Gasteiger partial charge in [0.05, 0.1) is 49.7 Å². The van der Waals surface area contributed by atoms with Gasteiger partial charge in [0.1, 0.15) is 18.5 Å². The van der Waals surface area contributed by atoms with Gasteiger partial charge in [-0.25, -0.2) is 14.6 Å². The highest BCUT2D eigenvalue weighted by Crippen LogP contribution is 2.32. The molecule has 1 aromatic rings. The quantitative estimate of drug-likeness (QED) is 0.114. The SMILES string of the molecule is CCCCC[C@@H]1C[C@@H]2CCC[C@@H](C[C@H](OC)C[C@@H]3C[C@@H](OC(=O)/C=C\CCc4coc(/C=C\CNC(=O)OC)n4)C[C@H](CC(=O)O1)O3)O2. The third-order valence-electron chi connectivity index (χ3n) is 9.09. The molecule has 0 saturated carbocycles. The van der Waals surface area contributed by atoms with Crippen LogP contribution in [0.5, 0.6) is 0 Å². The van der Waals surface area contributed by atoms with Gasteiger partial charge in [0.25, 0.3) is 0 Å². The number of fused-ring (bicyclic) bond motifs is 4. The van der Waals surface area contributed by atoms with E-state index < -0.39 is 24.3 Å². The van der Waals surface area contributed by atoms with Crippen molar-refractivity contribution in [2.45, 2.75) is 146 Å². The first-order valence-electron chi connectivity index (χ1n) is 17.7. The van der Waals surface area contributed by atoms with Crippen molar-refractivity contribution >= 4 is 24.1 Å². The van der Waals surface area contributed by atoms with Gasteiger partial charge in [-0.1, -0.05) is 31.9 Å². The van der Waals surface area contributed by atoms with Gasteiger partial charge >= 0.3 is 18.0 Å². The summed E-state index contributed by atoms with van der Waals surface area (Å²) >= 11 is 0. The van der Waals surface area contributed by atoms with Crippen molar-refractivity contribution in [3.8, 4) is 0 Å². The van der Waals surface area contributed by atoms with E-state index in [4.69, 9.17) is 28.1 Å². The van der Waals surface area contributed by atoms with Gasteiger partial charge in [0, 0.05) is 39.0 Å². The van der Waals surface area contributed by atoms with Gasteiger partial charge in [-0.15, -0.1) is 0 Å². The van der Waals surface area contributed by atoms with Crippen molar-refractivity contribution in [3.63, 3.8) is 0 Å². The summed E-state index contributed by atoms with van der Waals surface area (Å²) in [7, 11) is 3.02. The summed E-state index contributed by atoms with van der Waals surface area (Å²) < 4.78 is 40.7. The number of alkyl carbamates (subject to hydrolysis) is 1. The van der Waals surface area contributed by atoms with E-state index in [1.807, 2.05) is 0 Å². The molecule has 1 aromatic heterocycles. The smallest absolute Gasteiger partial charge is 0.407 e. The molecule has 1 N–H and O–H groups in total. The number of oxazole rings is 1. The van der Waals surface area contributed by atoms with Crippen LogP contribution in [0.4, 0.5) is 4.79 Å². The molecular weight excluding hydrogens is 620 g/mol. The lowest BCUT2D eigenvalue weighted by molar-refractivity contribution is -0.171. The number of unbranched alkanes of at least 4 members (excludes halogenated alkanes) is 2. The van der Waals surface area contributed by atoms with Crippen molar-refractivity contribution in [3.05, 3.63) is 36.1 Å². The van der Waals surface area contributed by atoms with Crippen LogP contribution < -0.4 is 5.32 Å². The number of methoxy groups -OCH3 is 2. The number of carbonyl (C=O) groups is 3. The second-order valence-corrected chi connectivity index (χ2v) is 13.0. The van der Waals surface area contributed by atoms with Crippen LogP contribution in [0.25, 0.3) is 6.08 Å². The number of cyclic esters (lactones) is 1. The average molecular weight is 675 g/mol. The molecule has 0 radical (unpaired) electrons. The number of rotatable bonds is 13. The van der Waals surface area contributed by atoms with E-state index in [1.165, 1.54) is 13.2 Å². The Bertz CT molecular complexity index is 1200. The Kier molecular flexibility index (Phi) is 15.9. The van der Waals surface area contributed by atoms with Gasteiger partial charge in [0.2, 0.25) is 5.89 Å². The molecule has 4 rings (SSSR count). The predicted octanol–water partition coefficient (Wildman–Crippen LogP) is 6.01. The second-order valence-electron chi connectivity index (χ2n) is 13.0. The number of aromatic nitrogens is 1. The lowest BCUT2D eigenvalue weighted by Gasteiger charge is -2.38. The number of hydrogen-bond donors (Lipinski definition) is 1. The Morgan fingerprint density at radius 2 is 1.73 bits per heavy atom. The van der Waals surface area contributed by atoms with E-state index >= 15 is 0 Å². The topological polar surface area (TPSA) is 145 Å². The highest BCUT2D eigenvalue weighted by molar-refractivity contribution is 5.82. The number of hydrogen-bond acceptors (Lipinski definition) is 11. The van der Waals surface area contributed by atoms with E-state index in [2.05, 4.69) is 22.0 Å². The maximum atomic E-state index is 13.2. The van der Waals surface area contributed by atoms with Crippen LogP contribution in [-0.2, 0) is 44.4 Å². The fourth-order valence-corrected chi connectivity index (χ4v) is 6.71. The zero-order chi connectivity index (χ0) is 34.1. The summed E-state index contributed by atoms with van der Waals surface area (Å²) in [5.74, 6) is -0.286. The Morgan fingerprint density at radius 1 is 0.979 bits per heavy atom. The number of carbonyl (C=O) groups excluding carboxylic acids is 3. The number of esters is 2. The van der Waals surface area contributed by atoms with Crippen LogP contribution in [0, 0.1) is 0 Å². The standard InChI is InChI=1S/C36H54N2O10/c1-4-5-6-12-28-18-26-13-9-14-27(45-26)19-29(42-2)20-30-21-31(22-32(46-30)23-35(40)47-28)48-34(39)16-8-7-11-25-24-44-33(38-25)15-10-17-37-36(41)43-3/h8,10,15-16,24,26-32H,4-7,9,11-14,17-23H2,1-3H3,(H,37,41)/b15-10-,16-8-/t26-,27-,28+,29-,30+,31+,32+/m0/s1. The molecule has 1 amide bonds. The van der Waals surface area contributed by atoms with Crippen LogP contribution >= 0.6 is 0 Å². The molecular formula is C36H54N2O10. The highest BCUT2D eigenvalue weighted by Gasteiger charge is 2.37. The minimum absolute atomic E-state index is 0.0620. The number of aryl methyl sites for hydroxylation is 1. The Morgan fingerprint density at radius 3 is 2.52 bits per heavy atom. The van der Waals surface area contributed by atoms with E-state index in [-0.39, 0.29) is 49.5 Å². The summed E-state index contributed by atoms with van der Waals surface area (Å²) in [5.41, 5.74) is 0.740. The number of ether oxygens (including phenoxy) is 6. The van der Waals surface area contributed by atoms with Crippen molar-refractivity contribution in [1.29, 1.82) is 0 Å². The third-order valence-corrected chi connectivity index (χ3v) is 9.09. The molecule has 0 spiro atoms. The number of nitrogens with one attached hydrogen (secondary N) is 1. The molecule has 3 aliphatic heterocycles. The largest absolute Gasteiger partial charge is 0.462 e. The second kappa shape index (κ2) is 20.3. The molecule has 3 aliphatic rings. The number of amides is 1. The number of allylic oxidation sites excluding steroid dienone is 1. The summed E-state index contributed by atoms with van der Waals surface area (Å²) in [4.78, 5) is 41.5. The van der Waals surface area contributed by atoms with E-state index in [9.17, 15) is 14.4 Å². The monoisotopic (exact) mass is 674 g/mol.